The Morgan fingerprint density at radius 3 is 2.44 bits per heavy atom. The zero-order valence-electron chi connectivity index (χ0n) is 16.5. The van der Waals surface area contributed by atoms with Crippen molar-refractivity contribution in [3.63, 3.8) is 0 Å². The molecule has 0 spiro atoms. The number of aliphatic hydroxyl groups is 1. The number of benzene rings is 1. The number of hydrogen-bond acceptors (Lipinski definition) is 5. The van der Waals surface area contributed by atoms with E-state index in [-0.39, 0.29) is 18.6 Å². The quantitative estimate of drug-likeness (QED) is 0.462. The molecule has 27 heavy (non-hydrogen) atoms. The van der Waals surface area contributed by atoms with Crippen LogP contribution in [0.3, 0.4) is 0 Å². The van der Waals surface area contributed by atoms with Crippen LogP contribution in [-0.4, -0.2) is 47.9 Å². The lowest BCUT2D eigenvalue weighted by molar-refractivity contribution is -0.123. The lowest BCUT2D eigenvalue weighted by Gasteiger charge is -2.20. The predicted octanol–water partition coefficient (Wildman–Crippen LogP) is 1.73. The monoisotopic (exact) mass is 379 g/mol. The van der Waals surface area contributed by atoms with E-state index < -0.39 is 17.7 Å². The minimum absolute atomic E-state index is 0.146. The van der Waals surface area contributed by atoms with Gasteiger partial charge in [-0.25, -0.2) is 4.79 Å². The maximum atomic E-state index is 12.2. The number of amides is 2. The van der Waals surface area contributed by atoms with E-state index in [1.165, 1.54) is 0 Å². The summed E-state index contributed by atoms with van der Waals surface area (Å²) in [5.74, 6) is -0.273. The zero-order chi connectivity index (χ0) is 20.3. The van der Waals surface area contributed by atoms with Crippen molar-refractivity contribution in [2.24, 2.45) is 5.73 Å². The summed E-state index contributed by atoms with van der Waals surface area (Å²) in [6, 6.07) is 8.66. The highest BCUT2D eigenvalue weighted by Gasteiger charge is 2.18. The van der Waals surface area contributed by atoms with E-state index in [1.54, 1.807) is 0 Å². The van der Waals surface area contributed by atoms with Crippen molar-refractivity contribution in [2.45, 2.75) is 64.1 Å². The largest absolute Gasteiger partial charge is 0.444 e. The van der Waals surface area contributed by atoms with Gasteiger partial charge in [-0.15, -0.1) is 0 Å². The molecule has 0 radical (unpaired) electrons. The fraction of sp³-hybridized carbons (Fsp3) is 0.600. The minimum Gasteiger partial charge on any atom is -0.444 e. The number of hydrogen-bond donors (Lipinski definition) is 4. The summed E-state index contributed by atoms with van der Waals surface area (Å²) in [4.78, 5) is 23.7. The van der Waals surface area contributed by atoms with Gasteiger partial charge in [0.05, 0.1) is 18.7 Å². The van der Waals surface area contributed by atoms with Crippen LogP contribution in [0.15, 0.2) is 30.3 Å². The second kappa shape index (κ2) is 11.6. The Morgan fingerprint density at radius 1 is 1.19 bits per heavy atom. The lowest BCUT2D eigenvalue weighted by atomic mass is 10.1. The molecule has 0 heterocycles. The van der Waals surface area contributed by atoms with Gasteiger partial charge < -0.3 is 26.2 Å². The van der Waals surface area contributed by atoms with E-state index in [4.69, 9.17) is 10.5 Å². The second-order valence-corrected chi connectivity index (χ2v) is 7.61. The molecule has 0 fully saturated rings. The molecule has 5 N–H and O–H groups in total. The van der Waals surface area contributed by atoms with Crippen LogP contribution in [0.5, 0.6) is 0 Å². The molecule has 2 atom stereocenters. The molecule has 7 heteroatoms. The normalized spacial score (nSPS) is 13.5. The van der Waals surface area contributed by atoms with Crippen LogP contribution in [-0.2, 0) is 16.0 Å². The maximum Gasteiger partial charge on any atom is 0.407 e. The van der Waals surface area contributed by atoms with Crippen LogP contribution < -0.4 is 16.4 Å². The predicted molar refractivity (Wildman–Crippen MR) is 105 cm³/mol. The molecule has 2 amide bonds. The molecule has 1 aromatic rings. The van der Waals surface area contributed by atoms with Crippen molar-refractivity contribution >= 4 is 12.0 Å². The fourth-order valence-electron chi connectivity index (χ4n) is 2.49. The van der Waals surface area contributed by atoms with Crippen LogP contribution in [0.1, 0.15) is 45.6 Å². The van der Waals surface area contributed by atoms with Crippen molar-refractivity contribution in [1.82, 2.24) is 10.6 Å². The van der Waals surface area contributed by atoms with Gasteiger partial charge in [-0.2, -0.15) is 0 Å². The fourth-order valence-corrected chi connectivity index (χ4v) is 2.49. The molecule has 0 bridgehead atoms. The van der Waals surface area contributed by atoms with E-state index in [1.807, 2.05) is 51.1 Å². The minimum atomic E-state index is -0.642. The Bertz CT molecular complexity index is 572. The average Bonchev–Trinajstić information content (AvgIpc) is 2.59. The maximum absolute atomic E-state index is 12.2. The van der Waals surface area contributed by atoms with Gasteiger partial charge >= 0.3 is 6.09 Å². The Hall–Kier alpha value is -2.12. The van der Waals surface area contributed by atoms with E-state index in [9.17, 15) is 14.7 Å². The first-order valence-corrected chi connectivity index (χ1v) is 9.39. The number of unbranched alkanes of at least 4 members (excludes halogenated alkanes) is 1. The van der Waals surface area contributed by atoms with Crippen LogP contribution >= 0.6 is 0 Å². The molecule has 0 aliphatic carbocycles. The highest BCUT2D eigenvalue weighted by molar-refractivity contribution is 5.81. The van der Waals surface area contributed by atoms with Gasteiger partial charge in [0, 0.05) is 6.54 Å². The van der Waals surface area contributed by atoms with Gasteiger partial charge in [0.2, 0.25) is 5.91 Å². The number of nitrogens with one attached hydrogen (secondary N) is 2. The summed E-state index contributed by atoms with van der Waals surface area (Å²) in [5, 5.41) is 15.0. The zero-order valence-corrected chi connectivity index (χ0v) is 16.5. The van der Waals surface area contributed by atoms with E-state index in [0.29, 0.717) is 32.2 Å². The molecule has 0 saturated heterocycles. The summed E-state index contributed by atoms with van der Waals surface area (Å²) >= 11 is 0. The first kappa shape index (κ1) is 22.9. The Labute approximate surface area is 161 Å². The second-order valence-electron chi connectivity index (χ2n) is 7.61. The van der Waals surface area contributed by atoms with E-state index in [2.05, 4.69) is 10.6 Å². The first-order valence-electron chi connectivity index (χ1n) is 9.39. The highest BCUT2D eigenvalue weighted by Crippen LogP contribution is 2.07. The van der Waals surface area contributed by atoms with Gasteiger partial charge in [-0.1, -0.05) is 30.3 Å². The number of carbonyl (C=O) groups is 2. The number of rotatable bonds is 10. The summed E-state index contributed by atoms with van der Waals surface area (Å²) in [5.41, 5.74) is 6.45. The van der Waals surface area contributed by atoms with Crippen LogP contribution in [0.4, 0.5) is 4.79 Å². The number of carbonyl (C=O) groups excluding carboxylic acids is 2. The summed E-state index contributed by atoms with van der Waals surface area (Å²) < 4.78 is 5.15. The third-order valence-electron chi connectivity index (χ3n) is 3.84. The SMILES string of the molecule is CC(C)(C)OC(=O)NCCCC[C@H](N)C(=O)N[C@H](CO)Cc1ccccc1. The number of aliphatic hydroxyl groups excluding tert-OH is 1. The third-order valence-corrected chi connectivity index (χ3v) is 3.84. The van der Waals surface area contributed by atoms with E-state index >= 15 is 0 Å². The van der Waals surface area contributed by atoms with Crippen molar-refractivity contribution in [1.29, 1.82) is 0 Å². The van der Waals surface area contributed by atoms with Gasteiger partial charge in [0.1, 0.15) is 5.60 Å². The van der Waals surface area contributed by atoms with Crippen molar-refractivity contribution in [3.05, 3.63) is 35.9 Å². The van der Waals surface area contributed by atoms with Crippen molar-refractivity contribution in [3.8, 4) is 0 Å². The first-order chi connectivity index (χ1) is 12.7. The number of nitrogens with two attached hydrogens (primary N) is 1. The molecule has 7 nitrogen and oxygen atoms in total. The van der Waals surface area contributed by atoms with E-state index in [0.717, 1.165) is 5.56 Å². The van der Waals surface area contributed by atoms with Crippen LogP contribution in [0.2, 0.25) is 0 Å². The van der Waals surface area contributed by atoms with Gasteiger partial charge in [-0.05, 0) is 52.0 Å². The molecule has 0 aliphatic rings. The van der Waals surface area contributed by atoms with Gasteiger partial charge in [0.25, 0.3) is 0 Å². The standard InChI is InChI=1S/C20H33N3O4/c1-20(2,3)27-19(26)22-12-8-7-11-17(21)18(25)23-16(14-24)13-15-9-5-4-6-10-15/h4-6,9-10,16-17,24H,7-8,11-14,21H2,1-3H3,(H,22,26)(H,23,25)/t16-,17-/m0/s1. The van der Waals surface area contributed by atoms with Gasteiger partial charge in [0.15, 0.2) is 0 Å². The summed E-state index contributed by atoms with van der Waals surface area (Å²) in [6.07, 6.45) is 2.01. The molecular formula is C20H33N3O4. The molecule has 0 aromatic heterocycles. The molecule has 0 unspecified atom stereocenters. The smallest absolute Gasteiger partial charge is 0.407 e. The molecule has 1 aromatic carbocycles. The molecular weight excluding hydrogens is 346 g/mol. The van der Waals surface area contributed by atoms with Crippen LogP contribution in [0.25, 0.3) is 0 Å². The lowest BCUT2D eigenvalue weighted by Crippen LogP contribution is -2.47. The average molecular weight is 380 g/mol. The highest BCUT2D eigenvalue weighted by atomic mass is 16.6. The van der Waals surface area contributed by atoms with Crippen molar-refractivity contribution in [2.75, 3.05) is 13.2 Å². The van der Waals surface area contributed by atoms with Crippen LogP contribution in [0, 0.1) is 0 Å². The number of ether oxygens (including phenoxy) is 1. The van der Waals surface area contributed by atoms with Gasteiger partial charge in [-0.3, -0.25) is 4.79 Å². The summed E-state index contributed by atoms with van der Waals surface area (Å²) in [6.45, 7) is 5.74. The number of alkyl carbamates (subject to hydrolysis) is 1. The Morgan fingerprint density at radius 2 is 1.85 bits per heavy atom. The molecule has 0 aliphatic heterocycles. The Kier molecular flexibility index (Phi) is 9.82. The Balaban J connectivity index is 2.24. The molecule has 152 valence electrons. The van der Waals surface area contributed by atoms with Crippen molar-refractivity contribution < 1.29 is 19.4 Å². The third kappa shape index (κ3) is 10.6. The topological polar surface area (TPSA) is 114 Å². The summed E-state index contributed by atoms with van der Waals surface area (Å²) in [7, 11) is 0. The molecule has 0 saturated carbocycles. The molecule has 1 rings (SSSR count).